The molecule has 0 aromatic heterocycles. The molecule has 12 aromatic rings. The first-order chi connectivity index (χ1) is 67.8. The fraction of sp³-hybridized carbons (Fsp3) is 0.286. The Labute approximate surface area is 839 Å². The van der Waals surface area contributed by atoms with E-state index < -0.39 is 164 Å². The summed E-state index contributed by atoms with van der Waals surface area (Å²) in [4.78, 5) is 39.9. The van der Waals surface area contributed by atoms with Gasteiger partial charge in [0.1, 0.15) is 24.1 Å². The number of carbonyl (C=O) groups is 3. The smallest absolute Gasteiger partial charge is 0.428 e. The van der Waals surface area contributed by atoms with Crippen molar-refractivity contribution in [3.05, 3.63) is 365 Å². The summed E-state index contributed by atoms with van der Waals surface area (Å²) >= 11 is 0. The Bertz CT molecular complexity index is 7030. The van der Waals surface area contributed by atoms with E-state index in [0.717, 1.165) is 102 Å². The van der Waals surface area contributed by atoms with Crippen LogP contribution < -0.4 is 0 Å². The van der Waals surface area contributed by atoms with Crippen LogP contribution in [0.3, 0.4) is 0 Å². The monoisotopic (exact) mass is 2160 g/mol. The first-order valence-electron chi connectivity index (χ1n) is 44.8. The molecule has 4 fully saturated rings. The van der Waals surface area contributed by atoms with Crippen molar-refractivity contribution in [1.82, 2.24) is 0 Å². The van der Waals surface area contributed by atoms with Crippen LogP contribution in [0.2, 0.25) is 0 Å². The molecule has 1 aliphatic heterocycles. The van der Waals surface area contributed by atoms with Gasteiger partial charge in [-0.05, 0) is 211 Å². The van der Waals surface area contributed by atoms with Crippen molar-refractivity contribution in [2.24, 2.45) is 29.1 Å². The summed E-state index contributed by atoms with van der Waals surface area (Å²) in [6, 6.07) is 82.3. The van der Waals surface area contributed by atoms with E-state index in [1.54, 1.807) is 42.5 Å². The fourth-order valence-electron chi connectivity index (χ4n) is 18.8. The van der Waals surface area contributed by atoms with Crippen LogP contribution in [0.5, 0.6) is 0 Å². The number of esters is 3. The Hall–Kier alpha value is -11.2. The SMILES string of the molecule is CC(C)(C)c1ccc(C(=O)OCCS(=O)(=O)[O-])cc1.CS(=O)(=O)c1cccc([S+](c2cc(C(F)(F)F)cc(C(F)(F)F)c2)c2cccc(S(C)(=O)=O)c2)c1.FC(F)(F)c1cccc([S+](c2ccccc2)c2ccccc2)c1.FC1(F)c2ccccc2[S+](c2ccccc2)c2ccccc21.O=C(OCC1CC2c3ccccc3C1c1ccccc12)C(F)(F)S(=O)(=O)[O-].O=C(OCCS(=O)(=O)[O-])C12CC3CC(CC(C3)C1)C2. The molecular weight excluding hydrogens is 2070 g/mol. The lowest BCUT2D eigenvalue weighted by atomic mass is 9.49. The molecule has 19 nitrogen and oxygen atoms in total. The van der Waals surface area contributed by atoms with Gasteiger partial charge in [-0.25, -0.2) is 51.7 Å². The molecule has 0 radical (unpaired) electrons. The van der Waals surface area contributed by atoms with Gasteiger partial charge in [0, 0.05) is 60.6 Å². The van der Waals surface area contributed by atoms with Gasteiger partial charge in [-0.15, -0.1) is 0 Å². The normalized spacial score (nSPS) is 18.7. The summed E-state index contributed by atoms with van der Waals surface area (Å²) in [6.45, 7) is 5.06. The van der Waals surface area contributed by atoms with Gasteiger partial charge in [-0.3, -0.25) is 4.79 Å². The molecule has 4 saturated carbocycles. The van der Waals surface area contributed by atoms with Gasteiger partial charge < -0.3 is 27.9 Å². The highest BCUT2D eigenvalue weighted by Crippen LogP contribution is 2.61. The Morgan fingerprint density at radius 1 is 0.393 bits per heavy atom. The number of hydrogen-bond donors (Lipinski definition) is 0. The zero-order valence-electron chi connectivity index (χ0n) is 77.8. The van der Waals surface area contributed by atoms with Crippen molar-refractivity contribution in [3.8, 4) is 0 Å². The van der Waals surface area contributed by atoms with E-state index in [9.17, 15) is 127 Å². The van der Waals surface area contributed by atoms with Crippen LogP contribution in [0.15, 0.2) is 357 Å². The standard InChI is InChI=1S/C22H17F6O4S3.C19H14F3S.C19H16F2O5S.C19H13F2S.C13H20O5S.C13H18O5S/c1-34(29,30)19-7-3-5-16(12-19)33(17-6-4-8-20(13-17)35(2,31)32)18-10-14(21(23,24)25)9-15(11-18)22(26,27)28;20-19(21,22)15-8-7-13-18(14-15)23(16-9-3-1-4-10-16)17-11-5-2-6-12-17;20-19(21,27(23,24)25)18(22)26-10-11-9-16-12-5-1-3-7-14(12)17(11)15-8-4-2-6-13(15)16;20-19(21)15-10-4-6-12-17(15)22(14-8-2-1-3-9-14)18-13-7-5-11-16(18)19;14-12(18-1-2-19(15,16)17)13-6-9-3-10(7-13)5-11(4-9)8-13;1-13(2,3)11-6-4-10(5-7-11)12(14)18-8-9-19(15,16)17/h3-13H,1-2H3;1-14H;1-8,11,16-17H,9-10H2,(H,23,24,25);1-13H;9-11H,1-8H2,(H,15,16,17);4-7H,8-9H2,1-3H3,(H,15,16,17)/q2*+1;;+1;;/p-3. The molecule has 145 heavy (non-hydrogen) atoms. The number of alkyl halides is 13. The number of sulfone groups is 2. The Morgan fingerprint density at radius 2 is 0.766 bits per heavy atom. The molecule has 40 heteroatoms. The van der Waals surface area contributed by atoms with Gasteiger partial charge in [-0.1, -0.05) is 178 Å². The lowest BCUT2D eigenvalue weighted by molar-refractivity contribution is -0.171. The van der Waals surface area contributed by atoms with E-state index in [2.05, 4.69) is 25.5 Å². The van der Waals surface area contributed by atoms with Crippen LogP contribution in [0.1, 0.15) is 144 Å². The summed E-state index contributed by atoms with van der Waals surface area (Å²) in [5, 5.41) is -5.09. The first kappa shape index (κ1) is 111. The van der Waals surface area contributed by atoms with E-state index in [1.165, 1.54) is 67.8 Å². The molecule has 1 unspecified atom stereocenters. The molecule has 12 aromatic carbocycles. The van der Waals surface area contributed by atoms with Crippen molar-refractivity contribution >= 4 is 101 Å². The second kappa shape index (κ2) is 44.5. The summed E-state index contributed by atoms with van der Waals surface area (Å²) in [6.07, 6.45) is -5.76. The largest absolute Gasteiger partial charge is 0.748 e. The van der Waals surface area contributed by atoms with Crippen LogP contribution >= 0.6 is 0 Å². The summed E-state index contributed by atoms with van der Waals surface area (Å²) in [7, 11) is -25.1. The maximum Gasteiger partial charge on any atom is 0.428 e. The molecular formula is C105H95F13O19S8. The molecule has 768 valence electrons. The third-order valence-electron chi connectivity index (χ3n) is 25.0. The molecule has 6 bridgehead atoms. The molecule has 20 rings (SSSR count). The van der Waals surface area contributed by atoms with E-state index >= 15 is 0 Å². The minimum atomic E-state index is -6.12. The number of halogens is 13. The summed E-state index contributed by atoms with van der Waals surface area (Å²) in [5.74, 6) is -5.95. The second-order valence-corrected chi connectivity index (χ2v) is 50.9. The summed E-state index contributed by atoms with van der Waals surface area (Å²) < 4.78 is 334. The molecule has 0 N–H and O–H groups in total. The molecule has 1 atom stereocenters. The third-order valence-corrected chi connectivity index (χ3v) is 36.0. The average molecular weight is 2160 g/mol. The zero-order valence-corrected chi connectivity index (χ0v) is 84.3. The van der Waals surface area contributed by atoms with Crippen LogP contribution in [0, 0.1) is 29.1 Å². The molecule has 7 aliphatic carbocycles. The molecule has 0 saturated heterocycles. The number of hydrogen-bond acceptors (Lipinski definition) is 19. The second-order valence-electron chi connectivity index (χ2n) is 36.4. The summed E-state index contributed by atoms with van der Waals surface area (Å²) in [5.41, 5.74) is 2.00. The van der Waals surface area contributed by atoms with Crippen LogP contribution in [0.25, 0.3) is 0 Å². The van der Waals surface area contributed by atoms with Gasteiger partial charge >= 0.3 is 47.6 Å². The Morgan fingerprint density at radius 3 is 1.18 bits per heavy atom. The van der Waals surface area contributed by atoms with Crippen molar-refractivity contribution in [3.63, 3.8) is 0 Å². The van der Waals surface area contributed by atoms with Crippen molar-refractivity contribution in [1.29, 1.82) is 0 Å². The Balaban J connectivity index is 0.000000148. The van der Waals surface area contributed by atoms with Gasteiger partial charge in [-0.2, -0.15) is 57.1 Å². The minimum Gasteiger partial charge on any atom is -0.748 e. The van der Waals surface area contributed by atoms with E-state index in [1.807, 2.05) is 176 Å². The highest BCUT2D eigenvalue weighted by molar-refractivity contribution is 7.98. The highest BCUT2D eigenvalue weighted by Gasteiger charge is 2.57. The molecule has 0 amide bonds. The van der Waals surface area contributed by atoms with Gasteiger partial charge in [0.2, 0.25) is 0 Å². The quantitative estimate of drug-likeness (QED) is 0.0212. The van der Waals surface area contributed by atoms with Gasteiger partial charge in [0.15, 0.2) is 73.9 Å². The third kappa shape index (κ3) is 27.4. The van der Waals surface area contributed by atoms with Crippen LogP contribution in [-0.4, -0.2) is 123 Å². The maximum atomic E-state index is 14.9. The van der Waals surface area contributed by atoms with Crippen LogP contribution in [-0.2, 0) is 136 Å². The molecule has 0 spiro atoms. The lowest BCUT2D eigenvalue weighted by Crippen LogP contribution is -2.50. The Kier molecular flexibility index (Phi) is 34.0. The number of benzene rings is 12. The fourth-order valence-corrected chi connectivity index (χ4v) is 27.9. The number of fused-ring (bicyclic) bond motifs is 3. The molecule has 8 aliphatic rings. The van der Waals surface area contributed by atoms with Crippen molar-refractivity contribution in [2.45, 2.75) is 167 Å². The first-order valence-corrected chi connectivity index (χ1v) is 56.8. The average Bonchev–Trinajstić information content (AvgIpc) is 0.713. The minimum absolute atomic E-state index is 0.00904. The van der Waals surface area contributed by atoms with E-state index in [4.69, 9.17) is 9.47 Å². The number of rotatable bonds is 21. The predicted molar refractivity (Wildman–Crippen MR) is 515 cm³/mol. The number of ether oxygens (including phenoxy) is 3. The van der Waals surface area contributed by atoms with E-state index in [0.29, 0.717) is 46.8 Å². The highest BCUT2D eigenvalue weighted by atomic mass is 32.2. The predicted octanol–water partition coefficient (Wildman–Crippen LogP) is 22.6. The van der Waals surface area contributed by atoms with Gasteiger partial charge in [0.05, 0.1) is 109 Å². The number of carbonyl (C=O) groups excluding carboxylic acids is 3. The van der Waals surface area contributed by atoms with Gasteiger partial charge in [0.25, 0.3) is 0 Å². The zero-order chi connectivity index (χ0) is 106. The maximum absolute atomic E-state index is 14.9. The lowest BCUT2D eigenvalue weighted by Gasteiger charge is -2.55. The molecule has 1 heterocycles. The topological polar surface area (TPSA) is 319 Å². The van der Waals surface area contributed by atoms with Crippen molar-refractivity contribution < 1.29 is 141 Å². The van der Waals surface area contributed by atoms with E-state index in [-0.39, 0.29) is 84.5 Å². The van der Waals surface area contributed by atoms with Crippen molar-refractivity contribution in [2.75, 3.05) is 43.8 Å². The van der Waals surface area contributed by atoms with Crippen LogP contribution in [0.4, 0.5) is 57.1 Å².